The molecular formula is C17H16BrN3O5S2. The number of amides is 1. The van der Waals surface area contributed by atoms with Gasteiger partial charge < -0.3 is 9.32 Å². The zero-order valence-corrected chi connectivity index (χ0v) is 17.8. The number of rotatable bonds is 4. The summed E-state index contributed by atoms with van der Waals surface area (Å²) in [7, 11) is -3.56. The van der Waals surface area contributed by atoms with Crippen LogP contribution in [0, 0.1) is 0 Å². The molecule has 0 radical (unpaired) electrons. The van der Waals surface area contributed by atoms with Crippen molar-refractivity contribution in [2.45, 2.75) is 10.8 Å². The van der Waals surface area contributed by atoms with Gasteiger partial charge in [0.1, 0.15) is 10.8 Å². The number of carbonyl (C=O) groups excluding carboxylic acids is 1. The number of aromatic nitrogens is 1. The Balaban J connectivity index is 1.44. The van der Waals surface area contributed by atoms with Gasteiger partial charge in [0.15, 0.2) is 5.58 Å². The smallest absolute Gasteiger partial charge is 0.408 e. The van der Waals surface area contributed by atoms with E-state index in [1.54, 1.807) is 41.3 Å². The zero-order chi connectivity index (χ0) is 19.9. The zero-order valence-electron chi connectivity index (χ0n) is 14.6. The summed E-state index contributed by atoms with van der Waals surface area (Å²) >= 11 is 4.43. The van der Waals surface area contributed by atoms with Crippen LogP contribution in [-0.2, 0) is 21.4 Å². The van der Waals surface area contributed by atoms with Crippen LogP contribution in [0.1, 0.15) is 0 Å². The normalized spacial score (nSPS) is 16.0. The van der Waals surface area contributed by atoms with Crippen molar-refractivity contribution in [2.24, 2.45) is 0 Å². The number of thiophene rings is 1. The number of piperazine rings is 1. The summed E-state index contributed by atoms with van der Waals surface area (Å²) < 4.78 is 34.2. The van der Waals surface area contributed by atoms with Gasteiger partial charge >= 0.3 is 5.76 Å². The molecule has 1 aliphatic heterocycles. The van der Waals surface area contributed by atoms with E-state index >= 15 is 0 Å². The highest BCUT2D eigenvalue weighted by Gasteiger charge is 2.31. The van der Waals surface area contributed by atoms with Crippen LogP contribution in [-0.4, -0.2) is 54.3 Å². The number of para-hydroxylation sites is 2. The Morgan fingerprint density at radius 2 is 1.82 bits per heavy atom. The van der Waals surface area contributed by atoms with Crippen molar-refractivity contribution in [2.75, 3.05) is 26.2 Å². The first kappa shape index (κ1) is 19.4. The molecule has 0 bridgehead atoms. The maximum Gasteiger partial charge on any atom is 0.420 e. The molecule has 1 saturated heterocycles. The molecule has 1 amide bonds. The molecule has 0 spiro atoms. The van der Waals surface area contributed by atoms with Gasteiger partial charge in [-0.25, -0.2) is 13.2 Å². The molecule has 148 valence electrons. The van der Waals surface area contributed by atoms with E-state index in [0.717, 1.165) is 15.1 Å². The van der Waals surface area contributed by atoms with Crippen LogP contribution in [0.2, 0.25) is 0 Å². The average molecular weight is 486 g/mol. The minimum absolute atomic E-state index is 0.138. The molecule has 3 aromatic rings. The molecule has 11 heteroatoms. The molecule has 0 atom stereocenters. The quantitative estimate of drug-likeness (QED) is 0.562. The largest absolute Gasteiger partial charge is 0.420 e. The molecule has 0 unspecified atom stereocenters. The first-order chi connectivity index (χ1) is 13.4. The first-order valence-corrected chi connectivity index (χ1v) is 11.5. The molecule has 8 nitrogen and oxygen atoms in total. The summed E-state index contributed by atoms with van der Waals surface area (Å²) in [5.74, 6) is -0.830. The number of carbonyl (C=O) groups is 1. The Morgan fingerprint density at radius 3 is 2.50 bits per heavy atom. The lowest BCUT2D eigenvalue weighted by atomic mass is 10.3. The Labute approximate surface area is 173 Å². The van der Waals surface area contributed by atoms with Gasteiger partial charge in [-0.1, -0.05) is 12.1 Å². The fourth-order valence-electron chi connectivity index (χ4n) is 3.14. The van der Waals surface area contributed by atoms with Crippen molar-refractivity contribution >= 4 is 54.3 Å². The van der Waals surface area contributed by atoms with E-state index in [9.17, 15) is 18.0 Å². The number of oxazole rings is 1. The molecule has 1 fully saturated rings. The van der Waals surface area contributed by atoms with E-state index < -0.39 is 15.8 Å². The minimum Gasteiger partial charge on any atom is -0.408 e. The number of sulfonamides is 1. The van der Waals surface area contributed by atoms with Gasteiger partial charge in [0.2, 0.25) is 5.91 Å². The third-order valence-corrected chi connectivity index (χ3v) is 8.59. The Hall–Kier alpha value is -1.95. The number of hydrogen-bond acceptors (Lipinski definition) is 6. The first-order valence-electron chi connectivity index (χ1n) is 8.48. The average Bonchev–Trinajstić information content (AvgIpc) is 3.26. The van der Waals surface area contributed by atoms with Crippen molar-refractivity contribution in [3.8, 4) is 0 Å². The SMILES string of the molecule is O=C(Cn1c(=O)oc2ccccc21)N1CCN(S(=O)(=O)c2ccc(Br)s2)CC1. The molecule has 3 heterocycles. The number of fused-ring (bicyclic) bond motifs is 1. The van der Waals surface area contributed by atoms with Gasteiger partial charge in [-0.3, -0.25) is 9.36 Å². The Morgan fingerprint density at radius 1 is 1.11 bits per heavy atom. The van der Waals surface area contributed by atoms with E-state index in [2.05, 4.69) is 15.9 Å². The van der Waals surface area contributed by atoms with Gasteiger partial charge in [0, 0.05) is 26.2 Å². The number of benzene rings is 1. The van der Waals surface area contributed by atoms with E-state index in [1.165, 1.54) is 8.87 Å². The maximum atomic E-state index is 12.7. The second kappa shape index (κ2) is 7.47. The van der Waals surface area contributed by atoms with Crippen LogP contribution in [0.3, 0.4) is 0 Å². The molecule has 28 heavy (non-hydrogen) atoms. The highest BCUT2D eigenvalue weighted by atomic mass is 79.9. The summed E-state index contributed by atoms with van der Waals surface area (Å²) in [6, 6.07) is 10.2. The van der Waals surface area contributed by atoms with E-state index in [1.807, 2.05) is 0 Å². The predicted octanol–water partition coefficient (Wildman–Crippen LogP) is 1.95. The van der Waals surface area contributed by atoms with Crippen LogP contribution in [0.4, 0.5) is 0 Å². The minimum atomic E-state index is -3.56. The van der Waals surface area contributed by atoms with Crippen molar-refractivity contribution in [3.05, 3.63) is 50.7 Å². The van der Waals surface area contributed by atoms with Crippen molar-refractivity contribution in [1.29, 1.82) is 0 Å². The molecule has 0 aliphatic carbocycles. The van der Waals surface area contributed by atoms with Crippen molar-refractivity contribution in [3.63, 3.8) is 0 Å². The summed E-state index contributed by atoms with van der Waals surface area (Å²) in [6.07, 6.45) is 0. The molecule has 1 aromatic carbocycles. The third-order valence-electron chi connectivity index (χ3n) is 4.60. The van der Waals surface area contributed by atoms with Gasteiger partial charge in [0.25, 0.3) is 10.0 Å². The number of hydrogen-bond donors (Lipinski definition) is 0. The van der Waals surface area contributed by atoms with Crippen molar-refractivity contribution in [1.82, 2.24) is 13.8 Å². The van der Waals surface area contributed by atoms with E-state index in [-0.39, 0.29) is 42.8 Å². The van der Waals surface area contributed by atoms with Crippen LogP contribution in [0.25, 0.3) is 11.1 Å². The summed E-state index contributed by atoms with van der Waals surface area (Å²) in [4.78, 5) is 26.3. The summed E-state index contributed by atoms with van der Waals surface area (Å²) in [5, 5.41) is 0. The van der Waals surface area contributed by atoms with Crippen molar-refractivity contribution < 1.29 is 17.6 Å². The monoisotopic (exact) mass is 485 g/mol. The van der Waals surface area contributed by atoms with E-state index in [4.69, 9.17) is 4.42 Å². The number of nitrogens with zero attached hydrogens (tertiary/aromatic N) is 3. The maximum absolute atomic E-state index is 12.7. The van der Waals surface area contributed by atoms with Crippen LogP contribution in [0.15, 0.2) is 53.6 Å². The third kappa shape index (κ3) is 3.54. The molecular weight excluding hydrogens is 470 g/mol. The Kier molecular flexibility index (Phi) is 5.17. The van der Waals surface area contributed by atoms with Gasteiger partial charge in [-0.05, 0) is 40.2 Å². The topological polar surface area (TPSA) is 92.8 Å². The summed E-state index contributed by atoms with van der Waals surface area (Å²) in [6.45, 7) is 0.833. The fourth-order valence-corrected chi connectivity index (χ4v) is 6.73. The lowest BCUT2D eigenvalue weighted by molar-refractivity contribution is -0.133. The van der Waals surface area contributed by atoms with Crippen LogP contribution >= 0.6 is 27.3 Å². The fraction of sp³-hybridized carbons (Fsp3) is 0.294. The molecule has 1 aliphatic rings. The van der Waals surface area contributed by atoms with Gasteiger partial charge in [0.05, 0.1) is 9.30 Å². The van der Waals surface area contributed by atoms with Gasteiger partial charge in [-0.2, -0.15) is 4.31 Å². The standard InChI is InChI=1S/C17H16BrN3O5S2/c18-14-5-6-16(27-14)28(24,25)20-9-7-19(8-10-20)15(22)11-21-12-3-1-2-4-13(12)26-17(21)23/h1-6H,7-11H2. The highest BCUT2D eigenvalue weighted by Crippen LogP contribution is 2.29. The highest BCUT2D eigenvalue weighted by molar-refractivity contribution is 9.11. The van der Waals surface area contributed by atoms with E-state index in [0.29, 0.717) is 11.1 Å². The molecule has 2 aromatic heterocycles. The lowest BCUT2D eigenvalue weighted by Gasteiger charge is -2.33. The van der Waals surface area contributed by atoms with Crippen LogP contribution in [0.5, 0.6) is 0 Å². The lowest BCUT2D eigenvalue weighted by Crippen LogP contribution is -2.51. The molecule has 4 rings (SSSR count). The predicted molar refractivity (Wildman–Crippen MR) is 108 cm³/mol. The Bertz CT molecular complexity index is 1190. The second-order valence-electron chi connectivity index (χ2n) is 6.27. The number of halogens is 1. The molecule has 0 saturated carbocycles. The van der Waals surface area contributed by atoms with Crippen LogP contribution < -0.4 is 5.76 Å². The second-order valence-corrected chi connectivity index (χ2v) is 10.9. The van der Waals surface area contributed by atoms with Gasteiger partial charge in [-0.15, -0.1) is 11.3 Å². The molecule has 0 N–H and O–H groups in total. The summed E-state index contributed by atoms with van der Waals surface area (Å²) in [5.41, 5.74) is 0.989.